The quantitative estimate of drug-likeness (QED) is 0.615. The van der Waals surface area contributed by atoms with E-state index in [9.17, 15) is 4.79 Å². The highest BCUT2D eigenvalue weighted by atomic mass is 32.1. The fourth-order valence-electron chi connectivity index (χ4n) is 2.82. The second kappa shape index (κ2) is 6.18. The van der Waals surface area contributed by atoms with Crippen LogP contribution in [0.1, 0.15) is 21.2 Å². The Morgan fingerprint density at radius 3 is 2.72 bits per heavy atom. The summed E-state index contributed by atoms with van der Waals surface area (Å²) >= 11 is 1.54. The minimum Gasteiger partial charge on any atom is -0.347 e. The number of aryl methyl sites for hydroxylation is 2. The maximum absolute atomic E-state index is 12.4. The summed E-state index contributed by atoms with van der Waals surface area (Å²) in [5, 5.41) is 8.46. The van der Waals surface area contributed by atoms with Crippen LogP contribution in [0.15, 0.2) is 48.7 Å². The van der Waals surface area contributed by atoms with Gasteiger partial charge in [-0.3, -0.25) is 4.79 Å². The molecule has 3 heterocycles. The third-order valence-electron chi connectivity index (χ3n) is 4.04. The van der Waals surface area contributed by atoms with E-state index in [0.717, 1.165) is 26.9 Å². The first-order valence-electron chi connectivity index (χ1n) is 7.93. The van der Waals surface area contributed by atoms with E-state index in [2.05, 4.69) is 10.4 Å². The number of fused-ring (bicyclic) bond motifs is 1. The Kier molecular flexibility index (Phi) is 3.85. The van der Waals surface area contributed by atoms with Crippen molar-refractivity contribution in [2.24, 2.45) is 7.05 Å². The molecule has 6 nitrogen and oxygen atoms in total. The van der Waals surface area contributed by atoms with Crippen molar-refractivity contribution in [3.63, 3.8) is 0 Å². The van der Waals surface area contributed by atoms with Crippen LogP contribution in [0.2, 0.25) is 0 Å². The molecule has 0 saturated carbocycles. The number of carbonyl (C=O) groups excluding carboxylic acids is 1. The maximum Gasteiger partial charge on any atom is 0.268 e. The smallest absolute Gasteiger partial charge is 0.268 e. The number of nitrogens with one attached hydrogen (secondary N) is 1. The topological polar surface area (TPSA) is 64.2 Å². The summed E-state index contributed by atoms with van der Waals surface area (Å²) in [6.45, 7) is 2.31. The van der Waals surface area contributed by atoms with Gasteiger partial charge in [0.15, 0.2) is 0 Å². The lowest BCUT2D eigenvalue weighted by Gasteiger charge is -2.07. The van der Waals surface area contributed by atoms with Gasteiger partial charge in [0.05, 0.1) is 17.9 Å². The van der Waals surface area contributed by atoms with Crippen molar-refractivity contribution in [1.29, 1.82) is 0 Å². The van der Waals surface area contributed by atoms with Crippen molar-refractivity contribution >= 4 is 22.2 Å². The number of hydrogen-bond donors (Lipinski definition) is 1. The molecule has 3 aromatic heterocycles. The van der Waals surface area contributed by atoms with E-state index < -0.39 is 0 Å². The van der Waals surface area contributed by atoms with Gasteiger partial charge in [-0.15, -0.1) is 0 Å². The van der Waals surface area contributed by atoms with Crippen molar-refractivity contribution in [3.05, 3.63) is 65.1 Å². The molecule has 0 bridgehead atoms. The molecule has 4 aromatic rings. The second-order valence-corrected chi connectivity index (χ2v) is 6.94. The van der Waals surface area contributed by atoms with Crippen LogP contribution in [0.3, 0.4) is 0 Å². The molecule has 1 amide bonds. The van der Waals surface area contributed by atoms with Crippen molar-refractivity contribution < 1.29 is 4.79 Å². The van der Waals surface area contributed by atoms with Crippen molar-refractivity contribution in [2.75, 3.05) is 0 Å². The highest BCUT2D eigenvalue weighted by Crippen LogP contribution is 2.26. The van der Waals surface area contributed by atoms with E-state index in [1.165, 1.54) is 0 Å². The van der Waals surface area contributed by atoms with E-state index in [1.54, 1.807) is 22.0 Å². The van der Waals surface area contributed by atoms with Crippen LogP contribution in [-0.2, 0) is 13.6 Å². The number of rotatable bonds is 4. The third kappa shape index (κ3) is 2.83. The number of benzene rings is 1. The molecule has 0 aliphatic rings. The van der Waals surface area contributed by atoms with E-state index >= 15 is 0 Å². The fourth-order valence-corrected chi connectivity index (χ4v) is 3.58. The SMILES string of the molecule is Cc1nn2c(CNC(=O)c3cccn3C)c(-c3ccccc3)nc2s1. The molecule has 4 rings (SSSR count). The molecule has 0 saturated heterocycles. The lowest BCUT2D eigenvalue weighted by molar-refractivity contribution is 0.0942. The Morgan fingerprint density at radius 1 is 1.20 bits per heavy atom. The molecule has 7 heteroatoms. The van der Waals surface area contributed by atoms with E-state index in [0.29, 0.717) is 12.2 Å². The lowest BCUT2D eigenvalue weighted by Crippen LogP contribution is -2.25. The third-order valence-corrected chi connectivity index (χ3v) is 4.86. The van der Waals surface area contributed by atoms with Crippen LogP contribution < -0.4 is 5.32 Å². The molecule has 0 aliphatic heterocycles. The standard InChI is InChI=1S/C18H17N5OS/c1-12-21-23-15(11-19-17(24)14-9-6-10-22(14)2)16(20-18(23)25-12)13-7-4-3-5-8-13/h3-10H,11H2,1-2H3,(H,19,24). The predicted molar refractivity (Wildman–Crippen MR) is 97.6 cm³/mol. The summed E-state index contributed by atoms with van der Waals surface area (Å²) < 4.78 is 3.63. The van der Waals surface area contributed by atoms with Gasteiger partial charge >= 0.3 is 0 Å². The van der Waals surface area contributed by atoms with Gasteiger partial charge in [0.25, 0.3) is 5.91 Å². The van der Waals surface area contributed by atoms with E-state index in [-0.39, 0.29) is 5.91 Å². The summed E-state index contributed by atoms with van der Waals surface area (Å²) in [7, 11) is 1.85. The van der Waals surface area contributed by atoms with Crippen LogP contribution in [0.4, 0.5) is 0 Å². The zero-order valence-electron chi connectivity index (χ0n) is 13.9. The highest BCUT2D eigenvalue weighted by molar-refractivity contribution is 7.16. The number of hydrogen-bond acceptors (Lipinski definition) is 4. The second-order valence-electron chi connectivity index (χ2n) is 5.78. The Morgan fingerprint density at radius 2 is 2.00 bits per heavy atom. The molecule has 0 spiro atoms. The first-order valence-corrected chi connectivity index (χ1v) is 8.75. The van der Waals surface area contributed by atoms with Gasteiger partial charge in [0.1, 0.15) is 10.7 Å². The van der Waals surface area contributed by atoms with Gasteiger partial charge in [-0.1, -0.05) is 41.7 Å². The van der Waals surface area contributed by atoms with Crippen LogP contribution in [0.25, 0.3) is 16.2 Å². The van der Waals surface area contributed by atoms with Crippen molar-refractivity contribution in [1.82, 2.24) is 24.5 Å². The molecule has 126 valence electrons. The van der Waals surface area contributed by atoms with Crippen LogP contribution in [-0.4, -0.2) is 25.1 Å². The molecular formula is C18H17N5OS. The monoisotopic (exact) mass is 351 g/mol. The first kappa shape index (κ1) is 15.6. The first-order chi connectivity index (χ1) is 12.1. The molecule has 25 heavy (non-hydrogen) atoms. The van der Waals surface area contributed by atoms with Gasteiger partial charge in [0.2, 0.25) is 4.96 Å². The number of nitrogens with zero attached hydrogens (tertiary/aromatic N) is 4. The number of carbonyl (C=O) groups is 1. The molecule has 1 aromatic carbocycles. The van der Waals surface area contributed by atoms with Gasteiger partial charge in [-0.25, -0.2) is 9.50 Å². The average Bonchev–Trinajstić information content (AvgIpc) is 3.28. The average molecular weight is 351 g/mol. The molecule has 1 N–H and O–H groups in total. The van der Waals surface area contributed by atoms with Gasteiger partial charge < -0.3 is 9.88 Å². The summed E-state index contributed by atoms with van der Waals surface area (Å²) in [6.07, 6.45) is 1.85. The number of amides is 1. The summed E-state index contributed by atoms with van der Waals surface area (Å²) in [5.41, 5.74) is 3.37. The van der Waals surface area contributed by atoms with Gasteiger partial charge in [-0.2, -0.15) is 5.10 Å². The molecule has 0 fully saturated rings. The Bertz CT molecular complexity index is 1040. The van der Waals surface area contributed by atoms with Gasteiger partial charge in [-0.05, 0) is 19.1 Å². The Labute approximate surface area is 148 Å². The lowest BCUT2D eigenvalue weighted by atomic mass is 10.1. The predicted octanol–water partition coefficient (Wildman–Crippen LogP) is 3.03. The molecule has 0 atom stereocenters. The Balaban J connectivity index is 1.70. The maximum atomic E-state index is 12.4. The zero-order valence-corrected chi connectivity index (χ0v) is 14.7. The van der Waals surface area contributed by atoms with Crippen LogP contribution in [0, 0.1) is 6.92 Å². The van der Waals surface area contributed by atoms with E-state index in [1.807, 2.05) is 61.1 Å². The molecular weight excluding hydrogens is 334 g/mol. The van der Waals surface area contributed by atoms with Crippen molar-refractivity contribution in [2.45, 2.75) is 13.5 Å². The van der Waals surface area contributed by atoms with Gasteiger partial charge in [0, 0.05) is 18.8 Å². The summed E-state index contributed by atoms with van der Waals surface area (Å²) in [4.78, 5) is 18.0. The molecule has 0 aliphatic carbocycles. The number of imidazole rings is 1. The van der Waals surface area contributed by atoms with Crippen LogP contribution >= 0.6 is 11.3 Å². The normalized spacial score (nSPS) is 11.1. The minimum absolute atomic E-state index is 0.117. The minimum atomic E-state index is -0.117. The largest absolute Gasteiger partial charge is 0.347 e. The van der Waals surface area contributed by atoms with E-state index in [4.69, 9.17) is 4.98 Å². The highest BCUT2D eigenvalue weighted by Gasteiger charge is 2.18. The molecule has 0 radical (unpaired) electrons. The van der Waals surface area contributed by atoms with Crippen LogP contribution in [0.5, 0.6) is 0 Å². The Hall–Kier alpha value is -2.93. The molecule has 0 unspecified atom stereocenters. The zero-order chi connectivity index (χ0) is 17.4. The van der Waals surface area contributed by atoms with Crippen molar-refractivity contribution in [3.8, 4) is 11.3 Å². The number of aromatic nitrogens is 4. The fraction of sp³-hybridized carbons (Fsp3) is 0.167. The summed E-state index contributed by atoms with van der Waals surface area (Å²) in [5.74, 6) is -0.117. The summed E-state index contributed by atoms with van der Waals surface area (Å²) in [6, 6.07) is 13.6.